The fourth-order valence-electron chi connectivity index (χ4n) is 0.300. The lowest BCUT2D eigenvalue weighted by Gasteiger charge is -2.17. The van der Waals surface area contributed by atoms with E-state index >= 15 is 0 Å². The Morgan fingerprint density at radius 2 is 2.00 bits per heavy atom. The van der Waals surface area contributed by atoms with Gasteiger partial charge in [0.1, 0.15) is 16.1 Å². The molecule has 0 aromatic rings. The van der Waals surface area contributed by atoms with Gasteiger partial charge in [0.15, 0.2) is 0 Å². The summed E-state index contributed by atoms with van der Waals surface area (Å²) in [5.74, 6) is 0. The van der Waals surface area contributed by atoms with Gasteiger partial charge in [-0.3, -0.25) is 0 Å². The number of rotatable bonds is 2. The van der Waals surface area contributed by atoms with Crippen LogP contribution in [0.4, 0.5) is 0 Å². The predicted octanol–water partition coefficient (Wildman–Crippen LogP) is 1.93. The Morgan fingerprint density at radius 1 is 1.50 bits per heavy atom. The zero-order valence-corrected chi connectivity index (χ0v) is 7.86. The van der Waals surface area contributed by atoms with Crippen LogP contribution in [0, 0.1) is 0 Å². The average molecular weight is 161 g/mol. The fourth-order valence-corrected chi connectivity index (χ4v) is 0.901. The minimum absolute atomic E-state index is 0.217. The monoisotopic (exact) mass is 161 g/mol. The van der Waals surface area contributed by atoms with Crippen molar-refractivity contribution < 1.29 is 4.55 Å². The quantitative estimate of drug-likeness (QED) is 0.450. The molecular weight excluding hydrogens is 146 g/mol. The summed E-state index contributed by atoms with van der Waals surface area (Å²) in [5.41, 5.74) is 0. The maximum atomic E-state index is 11.1. The van der Waals surface area contributed by atoms with Gasteiger partial charge in [-0.1, -0.05) is 11.3 Å². The molecule has 0 amide bonds. The van der Waals surface area contributed by atoms with Crippen molar-refractivity contribution in [1.82, 2.24) is 0 Å². The van der Waals surface area contributed by atoms with E-state index in [0.717, 1.165) is 6.42 Å². The van der Waals surface area contributed by atoms with Crippen LogP contribution in [0.3, 0.4) is 0 Å². The molecule has 0 aromatic carbocycles. The Balaban J connectivity index is 3.84. The zero-order chi connectivity index (χ0) is 8.20. The van der Waals surface area contributed by atoms with Gasteiger partial charge in [-0.2, -0.15) is 0 Å². The third-order valence-electron chi connectivity index (χ3n) is 0.877. The highest BCUT2D eigenvalue weighted by Crippen LogP contribution is 2.16. The second-order valence-corrected chi connectivity index (χ2v) is 4.99. The normalized spacial score (nSPS) is 16.1. The highest BCUT2D eigenvalue weighted by Gasteiger charge is 2.25. The molecule has 10 heavy (non-hydrogen) atoms. The molecule has 0 rings (SSSR count). The lowest BCUT2D eigenvalue weighted by atomic mass is 10.3. The van der Waals surface area contributed by atoms with Crippen molar-refractivity contribution >= 4 is 17.6 Å². The molecule has 0 heterocycles. The first-order chi connectivity index (χ1) is 4.48. The summed E-state index contributed by atoms with van der Waals surface area (Å²) < 4.78 is 14.8. The SMILES string of the molecule is CCC=N[S+]([O-])C(C)(C)C. The van der Waals surface area contributed by atoms with Crippen LogP contribution in [0.5, 0.6) is 0 Å². The number of hydrogen-bond acceptors (Lipinski definition) is 2. The van der Waals surface area contributed by atoms with Gasteiger partial charge in [-0.15, -0.1) is 0 Å². The van der Waals surface area contributed by atoms with Crippen LogP contribution in [-0.2, 0) is 11.4 Å². The summed E-state index contributed by atoms with van der Waals surface area (Å²) in [4.78, 5) is 0. The summed E-state index contributed by atoms with van der Waals surface area (Å²) in [7, 11) is 0. The van der Waals surface area contributed by atoms with Crippen molar-refractivity contribution in [3.05, 3.63) is 0 Å². The third kappa shape index (κ3) is 3.90. The van der Waals surface area contributed by atoms with Crippen LogP contribution >= 0.6 is 0 Å². The zero-order valence-electron chi connectivity index (χ0n) is 7.05. The highest BCUT2D eigenvalue weighted by atomic mass is 32.2. The molecule has 3 heteroatoms. The molecule has 1 atom stereocenters. The topological polar surface area (TPSA) is 35.4 Å². The van der Waals surface area contributed by atoms with Crippen molar-refractivity contribution in [2.75, 3.05) is 0 Å². The Hall–Kier alpha value is -0.0200. The van der Waals surface area contributed by atoms with Crippen molar-refractivity contribution in [2.45, 2.75) is 38.9 Å². The smallest absolute Gasteiger partial charge is 0.144 e. The van der Waals surface area contributed by atoms with Gasteiger partial charge in [0, 0.05) is 0 Å². The molecule has 0 aliphatic carbocycles. The van der Waals surface area contributed by atoms with Gasteiger partial charge in [0.2, 0.25) is 0 Å². The van der Waals surface area contributed by atoms with E-state index in [-0.39, 0.29) is 4.75 Å². The third-order valence-corrected chi connectivity index (χ3v) is 2.26. The second-order valence-electron chi connectivity index (χ2n) is 3.06. The highest BCUT2D eigenvalue weighted by molar-refractivity contribution is 7.91. The predicted molar refractivity (Wildman–Crippen MR) is 46.7 cm³/mol. The molecule has 0 bridgehead atoms. The molecular formula is C7H15NOS. The van der Waals surface area contributed by atoms with Gasteiger partial charge in [-0.25, -0.2) is 0 Å². The molecule has 0 aliphatic rings. The minimum Gasteiger partial charge on any atom is -0.591 e. The Labute approximate surface area is 66.1 Å². The summed E-state index contributed by atoms with van der Waals surface area (Å²) in [6.07, 6.45) is 2.54. The fraction of sp³-hybridized carbons (Fsp3) is 0.857. The maximum Gasteiger partial charge on any atom is 0.144 e. The summed E-state index contributed by atoms with van der Waals surface area (Å²) in [6.45, 7) is 7.71. The van der Waals surface area contributed by atoms with Crippen molar-refractivity contribution in [2.24, 2.45) is 4.40 Å². The van der Waals surface area contributed by atoms with E-state index in [2.05, 4.69) is 4.40 Å². The number of nitrogens with zero attached hydrogens (tertiary/aromatic N) is 1. The van der Waals surface area contributed by atoms with Gasteiger partial charge >= 0.3 is 0 Å². The molecule has 0 fully saturated rings. The van der Waals surface area contributed by atoms with Crippen LogP contribution in [0.1, 0.15) is 34.1 Å². The molecule has 60 valence electrons. The van der Waals surface area contributed by atoms with Crippen molar-refractivity contribution in [3.8, 4) is 0 Å². The molecule has 0 saturated heterocycles. The van der Waals surface area contributed by atoms with Crippen molar-refractivity contribution in [1.29, 1.82) is 0 Å². The van der Waals surface area contributed by atoms with Gasteiger partial charge in [0.05, 0.1) is 6.21 Å². The van der Waals surface area contributed by atoms with E-state index < -0.39 is 11.4 Å². The molecule has 0 aromatic heterocycles. The van der Waals surface area contributed by atoms with Gasteiger partial charge in [0.25, 0.3) is 0 Å². The summed E-state index contributed by atoms with van der Waals surface area (Å²) in [5, 5.41) is 0. The molecule has 0 aliphatic heterocycles. The Kier molecular flexibility index (Phi) is 3.98. The standard InChI is InChI=1S/C7H15NOS/c1-5-6-8-10(9)7(2,3)4/h6H,5H2,1-4H3. The maximum absolute atomic E-state index is 11.1. The van der Waals surface area contributed by atoms with E-state index in [1.54, 1.807) is 6.21 Å². The average Bonchev–Trinajstić information content (AvgIpc) is 1.80. The first kappa shape index (κ1) is 9.98. The molecule has 0 spiro atoms. The second kappa shape index (κ2) is 3.98. The van der Waals surface area contributed by atoms with E-state index in [1.807, 2.05) is 27.7 Å². The lowest BCUT2D eigenvalue weighted by Crippen LogP contribution is -2.25. The van der Waals surface area contributed by atoms with Gasteiger partial charge in [-0.05, 0) is 27.2 Å². The van der Waals surface area contributed by atoms with E-state index in [0.29, 0.717) is 0 Å². The summed E-state index contributed by atoms with van der Waals surface area (Å²) in [6, 6.07) is 0. The number of hydrogen-bond donors (Lipinski definition) is 0. The van der Waals surface area contributed by atoms with E-state index in [1.165, 1.54) is 0 Å². The van der Waals surface area contributed by atoms with E-state index in [9.17, 15) is 4.55 Å². The lowest BCUT2D eigenvalue weighted by molar-refractivity contribution is 0.561. The van der Waals surface area contributed by atoms with Crippen molar-refractivity contribution in [3.63, 3.8) is 0 Å². The molecule has 1 unspecified atom stereocenters. The van der Waals surface area contributed by atoms with Crippen LogP contribution in [-0.4, -0.2) is 15.5 Å². The molecule has 2 nitrogen and oxygen atoms in total. The van der Waals surface area contributed by atoms with E-state index in [4.69, 9.17) is 0 Å². The Bertz CT molecular complexity index is 117. The molecule has 0 saturated carbocycles. The summed E-state index contributed by atoms with van der Waals surface area (Å²) >= 11 is -1.07. The van der Waals surface area contributed by atoms with Crippen LogP contribution in [0.25, 0.3) is 0 Å². The Morgan fingerprint density at radius 3 is 2.30 bits per heavy atom. The van der Waals surface area contributed by atoms with Crippen LogP contribution < -0.4 is 0 Å². The molecule has 0 radical (unpaired) electrons. The largest absolute Gasteiger partial charge is 0.591 e. The first-order valence-corrected chi connectivity index (χ1v) is 4.53. The van der Waals surface area contributed by atoms with Crippen LogP contribution in [0.15, 0.2) is 4.40 Å². The molecule has 0 N–H and O–H groups in total. The minimum atomic E-state index is -1.07. The van der Waals surface area contributed by atoms with Crippen LogP contribution in [0.2, 0.25) is 0 Å². The first-order valence-electron chi connectivity index (χ1n) is 3.43. The van der Waals surface area contributed by atoms with Gasteiger partial charge < -0.3 is 4.55 Å².